The first-order chi connectivity index (χ1) is 5.38. The highest BCUT2D eigenvalue weighted by Crippen LogP contribution is 2.16. The molecule has 0 spiro atoms. The highest BCUT2D eigenvalue weighted by molar-refractivity contribution is 7.91. The summed E-state index contributed by atoms with van der Waals surface area (Å²) in [5.74, 6) is -0.590. The normalized spacial score (nSPS) is 14.8. The van der Waals surface area contributed by atoms with Gasteiger partial charge in [-0.3, -0.25) is 0 Å². The number of carbonyl (C=O) groups excluding carboxylic acids is 1. The van der Waals surface area contributed by atoms with E-state index in [1.54, 1.807) is 20.8 Å². The molecule has 0 saturated carbocycles. The quantitative estimate of drug-likeness (QED) is 0.366. The maximum atomic E-state index is 11.2. The van der Waals surface area contributed by atoms with Crippen molar-refractivity contribution < 1.29 is 14.1 Å². The van der Waals surface area contributed by atoms with E-state index >= 15 is 0 Å². The Labute approximate surface area is 75.3 Å². The fourth-order valence-corrected chi connectivity index (χ4v) is 0.800. The monoisotopic (exact) mass is 191 g/mol. The van der Waals surface area contributed by atoms with Crippen LogP contribution in [0.1, 0.15) is 20.8 Å². The van der Waals surface area contributed by atoms with Gasteiger partial charge < -0.3 is 9.29 Å². The van der Waals surface area contributed by atoms with Gasteiger partial charge in [-0.05, 0) is 20.8 Å². The van der Waals surface area contributed by atoms with E-state index in [-0.39, 0.29) is 0 Å². The van der Waals surface area contributed by atoms with E-state index in [9.17, 15) is 9.35 Å². The van der Waals surface area contributed by atoms with Crippen molar-refractivity contribution in [1.82, 2.24) is 0 Å². The van der Waals surface area contributed by atoms with Gasteiger partial charge in [0.15, 0.2) is 6.21 Å². The fourth-order valence-electron chi connectivity index (χ4n) is 0.302. The predicted octanol–water partition coefficient (Wildman–Crippen LogP) is 0.692. The first kappa shape index (κ1) is 11.4. The minimum atomic E-state index is -1.39. The van der Waals surface area contributed by atoms with Crippen molar-refractivity contribution in [1.29, 1.82) is 0 Å². The first-order valence-corrected chi connectivity index (χ1v) is 4.52. The Hall–Kier alpha value is -0.550. The molecule has 12 heavy (non-hydrogen) atoms. The molecule has 0 N–H and O–H groups in total. The molecule has 0 aromatic heterocycles. The van der Waals surface area contributed by atoms with E-state index in [0.29, 0.717) is 0 Å². The molecule has 70 valence electrons. The third kappa shape index (κ3) is 4.35. The van der Waals surface area contributed by atoms with Gasteiger partial charge in [0.1, 0.15) is 16.1 Å². The molecular weight excluding hydrogens is 178 g/mol. The summed E-state index contributed by atoms with van der Waals surface area (Å²) in [7, 11) is 1.24. The maximum absolute atomic E-state index is 11.2. The van der Waals surface area contributed by atoms with Crippen LogP contribution < -0.4 is 0 Å². The van der Waals surface area contributed by atoms with Gasteiger partial charge >= 0.3 is 5.97 Å². The van der Waals surface area contributed by atoms with E-state index in [2.05, 4.69) is 9.13 Å². The highest BCUT2D eigenvalue weighted by atomic mass is 32.2. The number of carbonyl (C=O) groups is 1. The molecule has 0 aromatic carbocycles. The lowest BCUT2D eigenvalue weighted by atomic mass is 10.3. The molecule has 0 aliphatic carbocycles. The van der Waals surface area contributed by atoms with E-state index in [4.69, 9.17) is 0 Å². The summed E-state index contributed by atoms with van der Waals surface area (Å²) in [6.07, 6.45) is 0.932. The molecule has 0 heterocycles. The predicted molar refractivity (Wildman–Crippen MR) is 48.4 cm³/mol. The second kappa shape index (κ2) is 4.47. The van der Waals surface area contributed by atoms with E-state index in [1.807, 2.05) is 0 Å². The van der Waals surface area contributed by atoms with E-state index < -0.39 is 22.1 Å². The fraction of sp³-hybridized carbons (Fsp3) is 0.714. The van der Waals surface area contributed by atoms with Crippen LogP contribution in [0.15, 0.2) is 4.40 Å². The number of methoxy groups -OCH3 is 1. The third-order valence-corrected chi connectivity index (χ3v) is 2.32. The van der Waals surface area contributed by atoms with Crippen molar-refractivity contribution in [2.24, 2.45) is 4.40 Å². The number of esters is 1. The molecule has 0 radical (unpaired) electrons. The Morgan fingerprint density at radius 2 is 2.08 bits per heavy atom. The van der Waals surface area contributed by atoms with Gasteiger partial charge in [-0.15, -0.1) is 0 Å². The minimum Gasteiger partial charge on any atom is -0.591 e. The largest absolute Gasteiger partial charge is 0.591 e. The number of ether oxygens (including phenoxy) is 1. The van der Waals surface area contributed by atoms with Crippen molar-refractivity contribution in [3.63, 3.8) is 0 Å². The third-order valence-electron chi connectivity index (χ3n) is 0.979. The van der Waals surface area contributed by atoms with Crippen LogP contribution in [0.2, 0.25) is 0 Å². The Balaban J connectivity index is 4.09. The van der Waals surface area contributed by atoms with E-state index in [1.165, 1.54) is 7.11 Å². The van der Waals surface area contributed by atoms with Crippen molar-refractivity contribution in [2.75, 3.05) is 7.11 Å². The maximum Gasteiger partial charge on any atom is 0.353 e. The smallest absolute Gasteiger partial charge is 0.353 e. The molecule has 0 aliphatic rings. The number of rotatable bonds is 2. The number of hydrogen-bond donors (Lipinski definition) is 0. The van der Waals surface area contributed by atoms with Gasteiger partial charge in [0, 0.05) is 0 Å². The van der Waals surface area contributed by atoms with Crippen LogP contribution >= 0.6 is 0 Å². The Morgan fingerprint density at radius 3 is 2.42 bits per heavy atom. The Morgan fingerprint density at radius 1 is 1.58 bits per heavy atom. The zero-order valence-electron chi connectivity index (χ0n) is 7.66. The topological polar surface area (TPSA) is 61.7 Å². The molecule has 0 rings (SSSR count). The molecule has 0 aliphatic heterocycles. The lowest BCUT2D eigenvalue weighted by Gasteiger charge is -2.17. The van der Waals surface area contributed by atoms with E-state index in [0.717, 1.165) is 6.21 Å². The van der Waals surface area contributed by atoms with Gasteiger partial charge in [-0.25, -0.2) is 4.79 Å². The zero-order valence-corrected chi connectivity index (χ0v) is 8.47. The van der Waals surface area contributed by atoms with Crippen LogP contribution in [0.4, 0.5) is 0 Å². The molecule has 0 amide bonds. The molecule has 0 fully saturated rings. The van der Waals surface area contributed by atoms with Crippen LogP contribution in [0, 0.1) is 0 Å². The van der Waals surface area contributed by atoms with Gasteiger partial charge in [0.05, 0.1) is 7.11 Å². The summed E-state index contributed by atoms with van der Waals surface area (Å²) in [6, 6.07) is 0. The van der Waals surface area contributed by atoms with Gasteiger partial charge in [-0.2, -0.15) is 0 Å². The highest BCUT2D eigenvalue weighted by Gasteiger charge is 2.26. The lowest BCUT2D eigenvalue weighted by Crippen LogP contribution is -2.26. The van der Waals surface area contributed by atoms with Gasteiger partial charge in [0.25, 0.3) is 0 Å². The summed E-state index contributed by atoms with van der Waals surface area (Å²) in [5.41, 5.74) is 0. The average Bonchev–Trinajstić information content (AvgIpc) is 1.97. The summed E-state index contributed by atoms with van der Waals surface area (Å²) < 4.78 is 18.6. The van der Waals surface area contributed by atoms with Crippen LogP contribution in [0.3, 0.4) is 0 Å². The SMILES string of the molecule is COC(=O)/C=N/[S+]([O-])C(C)(C)C. The van der Waals surface area contributed by atoms with Crippen LogP contribution in [-0.2, 0) is 20.9 Å². The minimum absolute atomic E-state index is 0.440. The Kier molecular flexibility index (Phi) is 4.26. The van der Waals surface area contributed by atoms with Crippen molar-refractivity contribution in [2.45, 2.75) is 25.5 Å². The van der Waals surface area contributed by atoms with Crippen molar-refractivity contribution in [3.8, 4) is 0 Å². The zero-order chi connectivity index (χ0) is 9.78. The lowest BCUT2D eigenvalue weighted by molar-refractivity contribution is -0.132. The molecular formula is C7H13NO3S. The first-order valence-electron chi connectivity index (χ1n) is 3.42. The molecule has 4 nitrogen and oxygen atoms in total. The van der Waals surface area contributed by atoms with Crippen LogP contribution in [-0.4, -0.2) is 28.6 Å². The van der Waals surface area contributed by atoms with Gasteiger partial charge in [-0.1, -0.05) is 4.40 Å². The average molecular weight is 191 g/mol. The molecule has 5 heteroatoms. The van der Waals surface area contributed by atoms with Crippen LogP contribution in [0.25, 0.3) is 0 Å². The standard InChI is InChI=1S/C7H13NO3S/c1-7(2,3)12(10)8-5-6(9)11-4/h5H,1-4H3/b8-5+. The number of nitrogens with zero attached hydrogens (tertiary/aromatic N) is 1. The van der Waals surface area contributed by atoms with Crippen LogP contribution in [0.5, 0.6) is 0 Å². The second-order valence-corrected chi connectivity index (χ2v) is 5.05. The Bertz CT molecular complexity index is 186. The molecule has 1 unspecified atom stereocenters. The summed E-state index contributed by atoms with van der Waals surface area (Å²) >= 11 is -1.39. The molecule has 0 saturated heterocycles. The summed E-state index contributed by atoms with van der Waals surface area (Å²) in [6.45, 7) is 5.33. The summed E-state index contributed by atoms with van der Waals surface area (Å²) in [5, 5.41) is 0. The van der Waals surface area contributed by atoms with Gasteiger partial charge in [0.2, 0.25) is 0 Å². The second-order valence-electron chi connectivity index (χ2n) is 3.12. The van der Waals surface area contributed by atoms with Crippen molar-refractivity contribution in [3.05, 3.63) is 0 Å². The molecule has 0 aromatic rings. The molecule has 1 atom stereocenters. The molecule has 0 bridgehead atoms. The number of hydrogen-bond acceptors (Lipinski definition) is 4. The summed E-state index contributed by atoms with van der Waals surface area (Å²) in [4.78, 5) is 10.5. The van der Waals surface area contributed by atoms with Crippen molar-refractivity contribution >= 4 is 23.5 Å².